The number of hydrogen-bond donors (Lipinski definition) is 0. The monoisotopic (exact) mass is 450 g/mol. The van der Waals surface area contributed by atoms with Crippen molar-refractivity contribution in [3.05, 3.63) is 102 Å². The molecule has 0 unspecified atom stereocenters. The van der Waals surface area contributed by atoms with Gasteiger partial charge in [0.15, 0.2) is 0 Å². The number of allylic oxidation sites excluding steroid dienone is 3. The van der Waals surface area contributed by atoms with Crippen LogP contribution < -0.4 is 9.47 Å². The lowest BCUT2D eigenvalue weighted by Crippen LogP contribution is -2.17. The Balaban J connectivity index is 1.79. The molecule has 0 amide bonds. The van der Waals surface area contributed by atoms with Crippen LogP contribution in [0.2, 0.25) is 0 Å². The molecule has 0 aliphatic carbocycles. The molecule has 0 fully saturated rings. The lowest BCUT2D eigenvalue weighted by Gasteiger charge is -2.13. The van der Waals surface area contributed by atoms with E-state index in [-0.39, 0.29) is 5.56 Å². The van der Waals surface area contributed by atoms with Gasteiger partial charge in [-0.1, -0.05) is 54.6 Å². The van der Waals surface area contributed by atoms with E-state index >= 15 is 0 Å². The molecular formula is C24H16F6O2. The average Bonchev–Trinajstić information content (AvgIpc) is 2.71. The van der Waals surface area contributed by atoms with Gasteiger partial charge in [0.2, 0.25) is 0 Å². The Bertz CT molecular complexity index is 1080. The number of halogens is 6. The zero-order valence-corrected chi connectivity index (χ0v) is 16.3. The normalized spacial score (nSPS) is 12.8. The van der Waals surface area contributed by atoms with Crippen LogP contribution in [-0.2, 0) is 0 Å². The summed E-state index contributed by atoms with van der Waals surface area (Å²) in [5.74, 6) is 0.526. The van der Waals surface area contributed by atoms with Gasteiger partial charge in [0.25, 0.3) is 0 Å². The summed E-state index contributed by atoms with van der Waals surface area (Å²) < 4.78 is 86.5. The van der Waals surface area contributed by atoms with E-state index in [4.69, 9.17) is 4.74 Å². The van der Waals surface area contributed by atoms with Crippen molar-refractivity contribution in [1.29, 1.82) is 0 Å². The van der Waals surface area contributed by atoms with E-state index in [2.05, 4.69) is 4.74 Å². The summed E-state index contributed by atoms with van der Waals surface area (Å²) in [6, 6.07) is 19.3. The quantitative estimate of drug-likeness (QED) is 0.280. The topological polar surface area (TPSA) is 18.5 Å². The first-order valence-electron chi connectivity index (χ1n) is 9.25. The van der Waals surface area contributed by atoms with Gasteiger partial charge in [-0.05, 0) is 53.6 Å². The number of benzene rings is 3. The van der Waals surface area contributed by atoms with Crippen LogP contribution in [0.4, 0.5) is 26.3 Å². The van der Waals surface area contributed by atoms with Crippen molar-refractivity contribution >= 4 is 11.6 Å². The molecule has 8 heteroatoms. The third kappa shape index (κ3) is 6.94. The molecule has 0 saturated heterocycles. The molecule has 0 saturated carbocycles. The third-order valence-electron chi connectivity index (χ3n) is 4.09. The van der Waals surface area contributed by atoms with Gasteiger partial charge in [0.1, 0.15) is 17.2 Å². The predicted molar refractivity (Wildman–Crippen MR) is 109 cm³/mol. The van der Waals surface area contributed by atoms with Crippen molar-refractivity contribution < 1.29 is 35.8 Å². The highest BCUT2D eigenvalue weighted by molar-refractivity contribution is 5.72. The Labute approximate surface area is 180 Å². The first kappa shape index (κ1) is 23.0. The minimum atomic E-state index is -4.92. The fraction of sp³-hybridized carbons (Fsp3) is 0.0833. The Morgan fingerprint density at radius 1 is 0.688 bits per heavy atom. The first-order chi connectivity index (χ1) is 15.1. The summed E-state index contributed by atoms with van der Waals surface area (Å²) in [5.41, 5.74) is -0.702. The highest BCUT2D eigenvalue weighted by Gasteiger charge is 2.35. The Morgan fingerprint density at radius 2 is 1.34 bits per heavy atom. The number of alkyl halides is 6. The second-order valence-corrected chi connectivity index (χ2v) is 6.50. The standard InChI is InChI=1S/C24H16F6O2/c25-23(26,27)22(18-12-14-20(15-13-18)32-24(28,29)30)11-5-7-17-6-4-10-21(16-17)31-19-8-2-1-3-9-19/h1-16H/b7-5+,22-11-. The summed E-state index contributed by atoms with van der Waals surface area (Å²) in [5, 5.41) is 0. The van der Waals surface area contributed by atoms with Crippen LogP contribution in [0, 0.1) is 0 Å². The summed E-state index contributed by atoms with van der Waals surface area (Å²) >= 11 is 0. The first-order valence-corrected chi connectivity index (χ1v) is 9.25. The highest BCUT2D eigenvalue weighted by Crippen LogP contribution is 2.35. The summed E-state index contributed by atoms with van der Waals surface area (Å²) in [6.07, 6.45) is -6.11. The second kappa shape index (κ2) is 9.64. The van der Waals surface area contributed by atoms with E-state index < -0.39 is 23.9 Å². The summed E-state index contributed by atoms with van der Waals surface area (Å²) in [7, 11) is 0. The Hall–Kier alpha value is -3.68. The average molecular weight is 450 g/mol. The van der Waals surface area contributed by atoms with Gasteiger partial charge >= 0.3 is 12.5 Å². The smallest absolute Gasteiger partial charge is 0.457 e. The minimum Gasteiger partial charge on any atom is -0.457 e. The van der Waals surface area contributed by atoms with Gasteiger partial charge in [-0.15, -0.1) is 13.2 Å². The fourth-order valence-electron chi connectivity index (χ4n) is 2.75. The van der Waals surface area contributed by atoms with E-state index in [1.807, 2.05) is 18.2 Å². The molecular weight excluding hydrogens is 434 g/mol. The van der Waals surface area contributed by atoms with Crippen LogP contribution in [-0.4, -0.2) is 12.5 Å². The number of ether oxygens (including phenoxy) is 2. The number of para-hydroxylation sites is 1. The fourth-order valence-corrected chi connectivity index (χ4v) is 2.75. The molecule has 3 aromatic carbocycles. The van der Waals surface area contributed by atoms with E-state index in [1.165, 1.54) is 12.2 Å². The molecule has 0 heterocycles. The maximum absolute atomic E-state index is 13.5. The van der Waals surface area contributed by atoms with Crippen LogP contribution in [0.3, 0.4) is 0 Å². The second-order valence-electron chi connectivity index (χ2n) is 6.50. The van der Waals surface area contributed by atoms with E-state index in [0.29, 0.717) is 17.1 Å². The molecule has 3 aromatic rings. The van der Waals surface area contributed by atoms with Gasteiger partial charge < -0.3 is 9.47 Å². The van der Waals surface area contributed by atoms with E-state index in [0.717, 1.165) is 30.3 Å². The molecule has 0 spiro atoms. The highest BCUT2D eigenvalue weighted by atomic mass is 19.4. The van der Waals surface area contributed by atoms with E-state index in [1.54, 1.807) is 36.4 Å². The largest absolute Gasteiger partial charge is 0.573 e. The molecule has 166 valence electrons. The molecule has 0 bridgehead atoms. The van der Waals surface area contributed by atoms with Crippen molar-refractivity contribution in [2.75, 3.05) is 0 Å². The van der Waals surface area contributed by atoms with Crippen molar-refractivity contribution in [1.82, 2.24) is 0 Å². The summed E-state index contributed by atoms with van der Waals surface area (Å²) in [6.45, 7) is 0. The van der Waals surface area contributed by atoms with Crippen LogP contribution in [0.15, 0.2) is 91.0 Å². The SMILES string of the molecule is FC(F)(F)Oc1ccc(/C(=C/C=C/c2cccc(Oc3ccccc3)c2)C(F)(F)F)cc1. The van der Waals surface area contributed by atoms with Crippen molar-refractivity contribution in [2.24, 2.45) is 0 Å². The molecule has 0 aliphatic rings. The molecule has 3 rings (SSSR count). The third-order valence-corrected chi connectivity index (χ3v) is 4.09. The van der Waals surface area contributed by atoms with Gasteiger partial charge in [0, 0.05) is 0 Å². The Morgan fingerprint density at radius 3 is 1.97 bits per heavy atom. The lowest BCUT2D eigenvalue weighted by molar-refractivity contribution is -0.274. The van der Waals surface area contributed by atoms with Gasteiger partial charge in [-0.25, -0.2) is 0 Å². The van der Waals surface area contributed by atoms with Gasteiger partial charge in [0.05, 0.1) is 5.57 Å². The van der Waals surface area contributed by atoms with Crippen LogP contribution in [0.1, 0.15) is 11.1 Å². The maximum atomic E-state index is 13.5. The number of hydrogen-bond acceptors (Lipinski definition) is 2. The maximum Gasteiger partial charge on any atom is 0.573 e. The molecule has 0 aromatic heterocycles. The molecule has 2 nitrogen and oxygen atoms in total. The molecule has 0 N–H and O–H groups in total. The van der Waals surface area contributed by atoms with Crippen LogP contribution in [0.5, 0.6) is 17.2 Å². The lowest BCUT2D eigenvalue weighted by atomic mass is 10.0. The Kier molecular flexibility index (Phi) is 6.92. The van der Waals surface area contributed by atoms with Crippen molar-refractivity contribution in [3.63, 3.8) is 0 Å². The van der Waals surface area contributed by atoms with Gasteiger partial charge in [-0.3, -0.25) is 0 Å². The predicted octanol–water partition coefficient (Wildman–Crippen LogP) is 8.04. The minimum absolute atomic E-state index is 0.294. The van der Waals surface area contributed by atoms with E-state index in [9.17, 15) is 26.3 Å². The molecule has 0 atom stereocenters. The van der Waals surface area contributed by atoms with Crippen molar-refractivity contribution in [2.45, 2.75) is 12.5 Å². The van der Waals surface area contributed by atoms with Gasteiger partial charge in [-0.2, -0.15) is 13.2 Å². The number of rotatable bonds is 6. The summed E-state index contributed by atoms with van der Waals surface area (Å²) in [4.78, 5) is 0. The van der Waals surface area contributed by atoms with Crippen LogP contribution in [0.25, 0.3) is 11.6 Å². The zero-order chi connectivity index (χ0) is 23.2. The zero-order valence-electron chi connectivity index (χ0n) is 16.3. The molecule has 0 radical (unpaired) electrons. The van der Waals surface area contributed by atoms with Crippen LogP contribution >= 0.6 is 0 Å². The van der Waals surface area contributed by atoms with Crippen molar-refractivity contribution in [3.8, 4) is 17.2 Å². The molecule has 0 aliphatic heterocycles. The molecule has 32 heavy (non-hydrogen) atoms.